The van der Waals surface area contributed by atoms with E-state index in [4.69, 9.17) is 5.73 Å². The Morgan fingerprint density at radius 1 is 1.31 bits per heavy atom. The summed E-state index contributed by atoms with van der Waals surface area (Å²) in [4.78, 5) is 17.2. The maximum atomic E-state index is 13.3. The molecule has 0 radical (unpaired) electrons. The van der Waals surface area contributed by atoms with Gasteiger partial charge in [-0.05, 0) is 48.9 Å². The van der Waals surface area contributed by atoms with Crippen molar-refractivity contribution >= 4 is 22.5 Å². The number of primary amides is 1. The summed E-state index contributed by atoms with van der Waals surface area (Å²) in [5.74, 6) is 0.356. The molecule has 2 aromatic rings. The van der Waals surface area contributed by atoms with Crippen molar-refractivity contribution in [2.24, 2.45) is 17.6 Å². The van der Waals surface area contributed by atoms with E-state index in [0.717, 1.165) is 24.7 Å². The van der Waals surface area contributed by atoms with Gasteiger partial charge in [-0.1, -0.05) is 6.92 Å². The van der Waals surface area contributed by atoms with Gasteiger partial charge in [0.15, 0.2) is 0 Å². The number of amides is 1. The Bertz CT molecular complexity index is 806. The van der Waals surface area contributed by atoms with Crippen LogP contribution < -0.4 is 10.6 Å². The highest BCUT2D eigenvalue weighted by atomic mass is 19.4. The second-order valence-corrected chi connectivity index (χ2v) is 7.15. The largest absolute Gasteiger partial charge is 0.418 e. The van der Waals surface area contributed by atoms with Gasteiger partial charge in [0.2, 0.25) is 5.91 Å². The van der Waals surface area contributed by atoms with Crippen molar-refractivity contribution in [3.8, 4) is 0 Å². The molecule has 4 nitrogen and oxygen atoms in total. The zero-order valence-corrected chi connectivity index (χ0v) is 14.6. The fourth-order valence-electron chi connectivity index (χ4n) is 3.89. The van der Waals surface area contributed by atoms with E-state index in [1.54, 1.807) is 12.1 Å². The average molecular weight is 365 g/mol. The van der Waals surface area contributed by atoms with E-state index in [-0.39, 0.29) is 11.4 Å². The van der Waals surface area contributed by atoms with Crippen molar-refractivity contribution in [3.05, 3.63) is 36.0 Å². The second kappa shape index (κ2) is 7.13. The first-order valence-electron chi connectivity index (χ1n) is 8.74. The van der Waals surface area contributed by atoms with Gasteiger partial charge in [-0.15, -0.1) is 0 Å². The first-order chi connectivity index (χ1) is 12.3. The number of carbonyl (C=O) groups excluding carboxylic acids is 1. The van der Waals surface area contributed by atoms with Crippen LogP contribution in [-0.2, 0) is 11.0 Å². The van der Waals surface area contributed by atoms with Crippen molar-refractivity contribution in [2.45, 2.75) is 32.4 Å². The van der Waals surface area contributed by atoms with Gasteiger partial charge in [-0.2, -0.15) is 13.2 Å². The smallest absolute Gasteiger partial charge is 0.370 e. The number of carbonyl (C=O) groups is 1. The Kier molecular flexibility index (Phi) is 5.07. The predicted molar refractivity (Wildman–Crippen MR) is 94.7 cm³/mol. The van der Waals surface area contributed by atoms with Crippen LogP contribution in [0.3, 0.4) is 0 Å². The molecule has 1 aliphatic rings. The first-order valence-corrected chi connectivity index (χ1v) is 8.74. The Morgan fingerprint density at radius 3 is 2.77 bits per heavy atom. The van der Waals surface area contributed by atoms with E-state index >= 15 is 0 Å². The fourth-order valence-corrected chi connectivity index (χ4v) is 3.89. The van der Waals surface area contributed by atoms with Crippen molar-refractivity contribution in [1.82, 2.24) is 4.98 Å². The number of anilines is 1. The number of hydrogen-bond donors (Lipinski definition) is 1. The third-order valence-electron chi connectivity index (χ3n) is 4.94. The normalized spacial score (nSPS) is 21.2. The summed E-state index contributed by atoms with van der Waals surface area (Å²) in [6.45, 7) is 3.59. The lowest BCUT2D eigenvalue weighted by Crippen LogP contribution is -2.40. The van der Waals surface area contributed by atoms with Crippen LogP contribution in [0.4, 0.5) is 18.9 Å². The van der Waals surface area contributed by atoms with Gasteiger partial charge < -0.3 is 10.6 Å². The molecule has 3 rings (SSSR count). The number of halogens is 3. The number of aromatic nitrogens is 1. The van der Waals surface area contributed by atoms with Gasteiger partial charge in [0.05, 0.1) is 11.1 Å². The highest BCUT2D eigenvalue weighted by Gasteiger charge is 2.34. The standard InChI is InChI=1S/C19H22F3N3O/c1-12-9-13(4-7-17(23)26)11-25(10-12)16-6-5-15(19(20,21)22)18-14(16)3-2-8-24-18/h2-3,5-6,8,12-13H,4,7,9-11H2,1H3,(H2,23,26)/t12-,13+/m0/s1. The lowest BCUT2D eigenvalue weighted by atomic mass is 9.86. The number of fused-ring (bicyclic) bond motifs is 1. The highest BCUT2D eigenvalue weighted by Crippen LogP contribution is 2.39. The lowest BCUT2D eigenvalue weighted by Gasteiger charge is -2.38. The molecule has 1 aliphatic heterocycles. The molecule has 0 aliphatic carbocycles. The van der Waals surface area contributed by atoms with Crippen LogP contribution >= 0.6 is 0 Å². The minimum Gasteiger partial charge on any atom is -0.370 e. The molecule has 2 atom stereocenters. The Hall–Kier alpha value is -2.31. The monoisotopic (exact) mass is 365 g/mol. The summed E-state index contributed by atoms with van der Waals surface area (Å²) in [7, 11) is 0. The maximum Gasteiger partial charge on any atom is 0.418 e. The van der Waals surface area contributed by atoms with E-state index in [9.17, 15) is 18.0 Å². The van der Waals surface area contributed by atoms with Gasteiger partial charge in [-0.25, -0.2) is 0 Å². The summed E-state index contributed by atoms with van der Waals surface area (Å²) in [6, 6.07) is 5.99. The fraction of sp³-hybridized carbons (Fsp3) is 0.474. The van der Waals surface area contributed by atoms with Crippen LogP contribution in [0, 0.1) is 11.8 Å². The van der Waals surface area contributed by atoms with Crippen LogP contribution in [0.15, 0.2) is 30.5 Å². The molecule has 1 saturated heterocycles. The molecule has 1 aromatic carbocycles. The van der Waals surface area contributed by atoms with E-state index in [1.165, 1.54) is 12.3 Å². The van der Waals surface area contributed by atoms with Crippen molar-refractivity contribution in [3.63, 3.8) is 0 Å². The molecule has 2 heterocycles. The molecule has 7 heteroatoms. The molecule has 26 heavy (non-hydrogen) atoms. The molecule has 0 unspecified atom stereocenters. The second-order valence-electron chi connectivity index (χ2n) is 7.15. The number of nitrogens with zero attached hydrogens (tertiary/aromatic N) is 2. The molecule has 1 fully saturated rings. The number of rotatable bonds is 4. The molecule has 1 amide bonds. The zero-order valence-electron chi connectivity index (χ0n) is 14.6. The Labute approximate surface area is 150 Å². The van der Waals surface area contributed by atoms with E-state index in [1.807, 2.05) is 0 Å². The zero-order chi connectivity index (χ0) is 18.9. The Balaban J connectivity index is 1.96. The quantitative estimate of drug-likeness (QED) is 0.892. The van der Waals surface area contributed by atoms with E-state index in [2.05, 4.69) is 16.8 Å². The van der Waals surface area contributed by atoms with Crippen LogP contribution in [-0.4, -0.2) is 24.0 Å². The Morgan fingerprint density at radius 2 is 2.08 bits per heavy atom. The molecular formula is C19H22F3N3O. The number of benzene rings is 1. The van der Waals surface area contributed by atoms with Gasteiger partial charge in [-0.3, -0.25) is 9.78 Å². The number of alkyl halides is 3. The average Bonchev–Trinajstić information content (AvgIpc) is 2.57. The van der Waals surface area contributed by atoms with Crippen LogP contribution in [0.2, 0.25) is 0 Å². The number of piperidine rings is 1. The lowest BCUT2D eigenvalue weighted by molar-refractivity contribution is -0.136. The predicted octanol–water partition coefficient (Wildman–Crippen LogP) is 3.98. The first kappa shape index (κ1) is 18.5. The van der Waals surface area contributed by atoms with Gasteiger partial charge in [0.1, 0.15) is 0 Å². The molecule has 0 bridgehead atoms. The molecule has 2 N–H and O–H groups in total. The van der Waals surface area contributed by atoms with Gasteiger partial charge in [0, 0.05) is 36.8 Å². The van der Waals surface area contributed by atoms with Crippen molar-refractivity contribution in [2.75, 3.05) is 18.0 Å². The van der Waals surface area contributed by atoms with E-state index < -0.39 is 11.7 Å². The third-order valence-corrected chi connectivity index (χ3v) is 4.94. The van der Waals surface area contributed by atoms with Gasteiger partial charge in [0.25, 0.3) is 0 Å². The SMILES string of the molecule is C[C@H]1C[C@@H](CCC(N)=O)CN(c2ccc(C(F)(F)F)c3ncccc23)C1. The summed E-state index contributed by atoms with van der Waals surface area (Å²) in [5, 5.41) is 0.505. The highest BCUT2D eigenvalue weighted by molar-refractivity contribution is 5.94. The van der Waals surface area contributed by atoms with Crippen LogP contribution in [0.25, 0.3) is 10.9 Å². The van der Waals surface area contributed by atoms with Gasteiger partial charge >= 0.3 is 6.18 Å². The minimum absolute atomic E-state index is 0.0237. The summed E-state index contributed by atoms with van der Waals surface area (Å²) in [5.41, 5.74) is 5.28. The number of pyridine rings is 1. The van der Waals surface area contributed by atoms with Crippen molar-refractivity contribution < 1.29 is 18.0 Å². The topological polar surface area (TPSA) is 59.2 Å². The number of hydrogen-bond acceptors (Lipinski definition) is 3. The molecule has 0 saturated carbocycles. The molecule has 0 spiro atoms. The van der Waals surface area contributed by atoms with Crippen LogP contribution in [0.5, 0.6) is 0 Å². The molecule has 1 aromatic heterocycles. The molecular weight excluding hydrogens is 343 g/mol. The maximum absolute atomic E-state index is 13.3. The summed E-state index contributed by atoms with van der Waals surface area (Å²) in [6.07, 6.45) is -1.03. The van der Waals surface area contributed by atoms with Crippen molar-refractivity contribution in [1.29, 1.82) is 0 Å². The third kappa shape index (κ3) is 3.92. The van der Waals surface area contributed by atoms with E-state index in [0.29, 0.717) is 36.6 Å². The van der Waals surface area contributed by atoms with Crippen LogP contribution in [0.1, 0.15) is 31.7 Å². The number of nitrogens with two attached hydrogens (primary N) is 1. The minimum atomic E-state index is -4.44. The molecule has 140 valence electrons. The summed E-state index contributed by atoms with van der Waals surface area (Å²) < 4.78 is 39.9. The summed E-state index contributed by atoms with van der Waals surface area (Å²) >= 11 is 0.